The summed E-state index contributed by atoms with van der Waals surface area (Å²) in [5.74, 6) is -1.29. The van der Waals surface area contributed by atoms with E-state index >= 15 is 0 Å². The molecule has 0 atom stereocenters. The maximum atomic E-state index is 13.7. The molecule has 5 nitrogen and oxygen atoms in total. The lowest BCUT2D eigenvalue weighted by atomic mass is 10.2. The Labute approximate surface area is 134 Å². The minimum Gasteiger partial charge on any atom is -0.319 e. The second-order valence-electron chi connectivity index (χ2n) is 4.12. The molecule has 0 aromatic heterocycles. The zero-order chi connectivity index (χ0) is 15.6. The van der Waals surface area contributed by atoms with Gasteiger partial charge in [0.1, 0.15) is 5.82 Å². The van der Waals surface area contributed by atoms with Crippen LogP contribution in [-0.2, 0) is 10.0 Å². The molecule has 8 heteroatoms. The largest absolute Gasteiger partial charge is 0.319 e. The van der Waals surface area contributed by atoms with Gasteiger partial charge < -0.3 is 5.32 Å². The Morgan fingerprint density at radius 2 is 1.86 bits per heavy atom. The van der Waals surface area contributed by atoms with Gasteiger partial charge in [-0.05, 0) is 52.9 Å². The number of hydrogen-bond acceptors (Lipinski definition) is 3. The highest BCUT2D eigenvalue weighted by atomic mass is 127. The summed E-state index contributed by atoms with van der Waals surface area (Å²) in [7, 11) is -3.97. The van der Waals surface area contributed by atoms with E-state index in [1.54, 1.807) is 24.3 Å². The first-order chi connectivity index (χ1) is 9.79. The van der Waals surface area contributed by atoms with E-state index in [1.807, 2.05) is 22.6 Å². The maximum absolute atomic E-state index is 13.7. The summed E-state index contributed by atoms with van der Waals surface area (Å²) in [4.78, 5) is 11.8. The fourth-order valence-corrected chi connectivity index (χ4v) is 2.78. The van der Waals surface area contributed by atoms with Crippen molar-refractivity contribution in [1.29, 1.82) is 0 Å². The van der Waals surface area contributed by atoms with E-state index in [0.717, 1.165) is 18.2 Å². The topological polar surface area (TPSA) is 89.3 Å². The lowest BCUT2D eigenvalue weighted by Crippen LogP contribution is -2.16. The summed E-state index contributed by atoms with van der Waals surface area (Å²) < 4.78 is 36.9. The predicted molar refractivity (Wildman–Crippen MR) is 84.9 cm³/mol. The van der Waals surface area contributed by atoms with Crippen molar-refractivity contribution in [3.63, 3.8) is 0 Å². The number of anilines is 1. The summed E-state index contributed by atoms with van der Waals surface area (Å²) >= 11 is 1.98. The number of primary sulfonamides is 1. The van der Waals surface area contributed by atoms with Crippen LogP contribution >= 0.6 is 22.6 Å². The number of sulfonamides is 1. The summed E-state index contributed by atoms with van der Waals surface area (Å²) in [6.07, 6.45) is 0. The highest BCUT2D eigenvalue weighted by Crippen LogP contribution is 2.20. The molecule has 0 spiro atoms. The number of nitrogens with one attached hydrogen (secondary N) is 1. The molecular weight excluding hydrogens is 410 g/mol. The van der Waals surface area contributed by atoms with Crippen molar-refractivity contribution in [2.75, 3.05) is 5.32 Å². The lowest BCUT2D eigenvalue weighted by Gasteiger charge is -2.09. The smallest absolute Gasteiger partial charge is 0.256 e. The fourth-order valence-electron chi connectivity index (χ4n) is 1.61. The maximum Gasteiger partial charge on any atom is 0.256 e. The molecule has 1 amide bonds. The van der Waals surface area contributed by atoms with E-state index in [4.69, 9.17) is 5.14 Å². The van der Waals surface area contributed by atoms with Gasteiger partial charge in [-0.2, -0.15) is 0 Å². The van der Waals surface area contributed by atoms with Crippen molar-refractivity contribution in [3.05, 3.63) is 57.4 Å². The van der Waals surface area contributed by atoms with Crippen LogP contribution in [0.25, 0.3) is 0 Å². The second-order valence-corrected chi connectivity index (χ2v) is 6.84. The minimum atomic E-state index is -3.97. The van der Waals surface area contributed by atoms with Crippen LogP contribution in [0.5, 0.6) is 0 Å². The average molecular weight is 420 g/mol. The third kappa shape index (κ3) is 3.77. The third-order valence-corrected chi connectivity index (χ3v) is 4.48. The average Bonchev–Trinajstić information content (AvgIpc) is 2.40. The molecule has 0 fully saturated rings. The number of amides is 1. The highest BCUT2D eigenvalue weighted by Gasteiger charge is 2.15. The van der Waals surface area contributed by atoms with Crippen LogP contribution in [0.4, 0.5) is 10.1 Å². The van der Waals surface area contributed by atoms with Crippen LogP contribution in [-0.4, -0.2) is 14.3 Å². The molecule has 0 saturated carbocycles. The molecule has 110 valence electrons. The number of benzene rings is 2. The first-order valence-corrected chi connectivity index (χ1v) is 8.30. The van der Waals surface area contributed by atoms with E-state index in [-0.39, 0.29) is 10.6 Å². The van der Waals surface area contributed by atoms with Crippen molar-refractivity contribution in [1.82, 2.24) is 0 Å². The first-order valence-electron chi connectivity index (χ1n) is 5.67. The van der Waals surface area contributed by atoms with Gasteiger partial charge >= 0.3 is 0 Å². The van der Waals surface area contributed by atoms with Crippen LogP contribution in [0, 0.1) is 9.39 Å². The molecule has 0 aliphatic rings. The Hall–Kier alpha value is -1.52. The van der Waals surface area contributed by atoms with Gasteiger partial charge in [0.15, 0.2) is 0 Å². The van der Waals surface area contributed by atoms with Crippen LogP contribution in [0.1, 0.15) is 10.4 Å². The molecule has 0 unspecified atom stereocenters. The molecule has 21 heavy (non-hydrogen) atoms. The Bertz CT molecular complexity index is 809. The summed E-state index contributed by atoms with van der Waals surface area (Å²) in [6.45, 7) is 0. The molecule has 0 saturated heterocycles. The van der Waals surface area contributed by atoms with Crippen LogP contribution < -0.4 is 10.5 Å². The zero-order valence-electron chi connectivity index (χ0n) is 10.5. The molecule has 0 radical (unpaired) electrons. The SMILES string of the molecule is NS(=O)(=O)c1ccc(F)c(NC(=O)c2ccccc2I)c1. The normalized spacial score (nSPS) is 11.2. The Kier molecular flexibility index (Phi) is 4.59. The van der Waals surface area contributed by atoms with Crippen molar-refractivity contribution in [2.45, 2.75) is 4.90 Å². The molecule has 0 bridgehead atoms. The Morgan fingerprint density at radius 1 is 1.19 bits per heavy atom. The summed E-state index contributed by atoms with van der Waals surface area (Å²) in [6, 6.07) is 9.70. The molecule has 2 rings (SSSR count). The van der Waals surface area contributed by atoms with E-state index in [1.165, 1.54) is 0 Å². The lowest BCUT2D eigenvalue weighted by molar-refractivity contribution is 0.102. The number of carbonyl (C=O) groups excluding carboxylic acids is 1. The van der Waals surface area contributed by atoms with Crippen molar-refractivity contribution in [3.8, 4) is 0 Å². The van der Waals surface area contributed by atoms with Crippen LogP contribution in [0.2, 0.25) is 0 Å². The van der Waals surface area contributed by atoms with E-state index in [9.17, 15) is 17.6 Å². The number of rotatable bonds is 3. The molecule has 0 aliphatic heterocycles. The van der Waals surface area contributed by atoms with E-state index in [2.05, 4.69) is 5.32 Å². The minimum absolute atomic E-state index is 0.244. The van der Waals surface area contributed by atoms with Gasteiger partial charge in [-0.15, -0.1) is 0 Å². The Balaban J connectivity index is 2.36. The van der Waals surface area contributed by atoms with Gasteiger partial charge in [0.05, 0.1) is 16.1 Å². The molecule has 2 aromatic rings. The quantitative estimate of drug-likeness (QED) is 0.748. The molecule has 3 N–H and O–H groups in total. The number of nitrogens with two attached hydrogens (primary N) is 1. The van der Waals surface area contributed by atoms with Gasteiger partial charge in [0.25, 0.3) is 5.91 Å². The number of carbonyl (C=O) groups is 1. The highest BCUT2D eigenvalue weighted by molar-refractivity contribution is 14.1. The van der Waals surface area contributed by atoms with Crippen molar-refractivity contribution in [2.24, 2.45) is 5.14 Å². The Morgan fingerprint density at radius 3 is 2.48 bits per heavy atom. The van der Waals surface area contributed by atoms with Crippen molar-refractivity contribution < 1.29 is 17.6 Å². The first kappa shape index (κ1) is 15.9. The van der Waals surface area contributed by atoms with E-state index < -0.39 is 21.7 Å². The predicted octanol–water partition coefficient (Wildman–Crippen LogP) is 2.33. The standard InChI is InChI=1S/C13H10FIN2O3S/c14-10-6-5-8(21(16,19)20)7-12(10)17-13(18)9-3-1-2-4-11(9)15/h1-7H,(H,17,18)(H2,16,19,20). The third-order valence-electron chi connectivity index (χ3n) is 2.63. The van der Waals surface area contributed by atoms with Gasteiger partial charge in [0, 0.05) is 3.57 Å². The summed E-state index contributed by atoms with van der Waals surface area (Å²) in [5.41, 5.74) is 0.115. The van der Waals surface area contributed by atoms with Crippen LogP contribution in [0.3, 0.4) is 0 Å². The van der Waals surface area contributed by atoms with Gasteiger partial charge in [-0.1, -0.05) is 12.1 Å². The van der Waals surface area contributed by atoms with Gasteiger partial charge in [-0.25, -0.2) is 17.9 Å². The van der Waals surface area contributed by atoms with Gasteiger partial charge in [0.2, 0.25) is 10.0 Å². The molecular formula is C13H10FIN2O3S. The molecule has 0 aliphatic carbocycles. The number of halogens is 2. The van der Waals surface area contributed by atoms with Gasteiger partial charge in [-0.3, -0.25) is 4.79 Å². The zero-order valence-corrected chi connectivity index (χ0v) is 13.5. The molecule has 0 heterocycles. The van der Waals surface area contributed by atoms with E-state index in [0.29, 0.717) is 9.13 Å². The fraction of sp³-hybridized carbons (Fsp3) is 0. The summed E-state index contributed by atoms with van der Waals surface area (Å²) in [5, 5.41) is 7.32. The molecule has 2 aromatic carbocycles. The number of hydrogen-bond donors (Lipinski definition) is 2. The van der Waals surface area contributed by atoms with Crippen LogP contribution in [0.15, 0.2) is 47.4 Å². The van der Waals surface area contributed by atoms with Crippen molar-refractivity contribution >= 4 is 44.2 Å². The second kappa shape index (κ2) is 6.08. The monoisotopic (exact) mass is 420 g/mol.